The van der Waals surface area contributed by atoms with Crippen molar-refractivity contribution in [3.63, 3.8) is 0 Å². The summed E-state index contributed by atoms with van der Waals surface area (Å²) in [4.78, 5) is 2.69. The van der Waals surface area contributed by atoms with E-state index in [1.165, 1.54) is 26.8 Å². The fourth-order valence-corrected chi connectivity index (χ4v) is 9.84. The van der Waals surface area contributed by atoms with Gasteiger partial charge in [0.25, 0.3) is 0 Å². The minimum atomic E-state index is 0.600. The molecule has 0 saturated carbocycles. The van der Waals surface area contributed by atoms with Crippen molar-refractivity contribution in [2.45, 2.75) is 26.7 Å². The molecular weight excluding hydrogens is 389 g/mol. The topological polar surface area (TPSA) is 47.6 Å². The standard InChI is InChI=1S/C14H14N2S6/c1-9-11(17-7-3-5-15)21-13(19-9)14-20-10(2)12(22-14)18-8-4-6-16/h3-4,7-8H2,1-2H3/b14-13-. The van der Waals surface area contributed by atoms with Crippen LogP contribution in [0.5, 0.6) is 0 Å². The Kier molecular flexibility index (Phi) is 8.10. The van der Waals surface area contributed by atoms with Gasteiger partial charge in [0.1, 0.15) is 0 Å². The maximum absolute atomic E-state index is 8.64. The smallest absolute Gasteiger partial charge is 0.0708 e. The molecule has 0 N–H and O–H groups in total. The van der Waals surface area contributed by atoms with E-state index in [2.05, 4.69) is 26.0 Å². The molecule has 0 atom stereocenters. The average molecular weight is 403 g/mol. The molecule has 0 aromatic carbocycles. The van der Waals surface area contributed by atoms with E-state index in [9.17, 15) is 0 Å². The molecule has 2 aliphatic rings. The predicted molar refractivity (Wildman–Crippen MR) is 108 cm³/mol. The Morgan fingerprint density at radius 3 is 1.55 bits per heavy atom. The van der Waals surface area contributed by atoms with Gasteiger partial charge in [-0.15, -0.1) is 23.5 Å². The quantitative estimate of drug-likeness (QED) is 0.452. The van der Waals surface area contributed by atoms with Crippen LogP contribution in [-0.4, -0.2) is 11.5 Å². The fourth-order valence-electron chi connectivity index (χ4n) is 1.52. The SMILES string of the molecule is CC1=C(SCCC#N)S/C(=C2/SC(C)=C(SCCC#N)S2)S1. The van der Waals surface area contributed by atoms with Gasteiger partial charge in [-0.3, -0.25) is 0 Å². The highest BCUT2D eigenvalue weighted by atomic mass is 32.2. The van der Waals surface area contributed by atoms with Crippen LogP contribution in [0.3, 0.4) is 0 Å². The summed E-state index contributed by atoms with van der Waals surface area (Å²) in [5.74, 6) is 1.73. The second-order valence-electron chi connectivity index (χ2n) is 4.18. The number of hydrogen-bond acceptors (Lipinski definition) is 8. The third-order valence-corrected chi connectivity index (χ3v) is 11.3. The Balaban J connectivity index is 1.93. The monoisotopic (exact) mass is 402 g/mol. The van der Waals surface area contributed by atoms with E-state index in [0.717, 1.165) is 11.5 Å². The van der Waals surface area contributed by atoms with E-state index in [1.807, 2.05) is 47.0 Å². The molecule has 0 aliphatic carbocycles. The zero-order valence-corrected chi connectivity index (χ0v) is 17.1. The van der Waals surface area contributed by atoms with E-state index in [1.54, 1.807) is 23.5 Å². The number of nitrogens with zero attached hydrogens (tertiary/aromatic N) is 2. The van der Waals surface area contributed by atoms with Crippen molar-refractivity contribution in [3.8, 4) is 12.1 Å². The molecule has 0 spiro atoms. The highest BCUT2D eigenvalue weighted by Gasteiger charge is 2.27. The van der Waals surface area contributed by atoms with Crippen molar-refractivity contribution < 1.29 is 0 Å². The molecule has 0 aromatic heterocycles. The third kappa shape index (κ3) is 5.15. The number of allylic oxidation sites excluding steroid dienone is 2. The molecule has 0 fully saturated rings. The molecule has 0 saturated heterocycles. The average Bonchev–Trinajstić information content (AvgIpc) is 3.04. The summed E-state index contributed by atoms with van der Waals surface area (Å²) in [6, 6.07) is 4.39. The molecule has 0 aromatic rings. The van der Waals surface area contributed by atoms with Gasteiger partial charge < -0.3 is 0 Å². The first-order valence-corrected chi connectivity index (χ1v) is 11.8. The fraction of sp³-hybridized carbons (Fsp3) is 0.429. The summed E-state index contributed by atoms with van der Waals surface area (Å²) in [6.07, 6.45) is 1.20. The van der Waals surface area contributed by atoms with E-state index in [0.29, 0.717) is 12.8 Å². The summed E-state index contributed by atoms with van der Waals surface area (Å²) in [5, 5.41) is 17.3. The highest BCUT2D eigenvalue weighted by molar-refractivity contribution is 8.40. The van der Waals surface area contributed by atoms with E-state index in [-0.39, 0.29) is 0 Å². The van der Waals surface area contributed by atoms with Crippen LogP contribution in [0.4, 0.5) is 0 Å². The summed E-state index contributed by atoms with van der Waals surface area (Å²) in [5.41, 5.74) is 0. The van der Waals surface area contributed by atoms with Gasteiger partial charge in [0.2, 0.25) is 0 Å². The molecule has 0 bridgehead atoms. The maximum Gasteiger partial charge on any atom is 0.0708 e. The molecule has 2 rings (SSSR count). The number of rotatable bonds is 6. The van der Waals surface area contributed by atoms with Gasteiger partial charge in [0.05, 0.1) is 29.1 Å². The minimum absolute atomic E-state index is 0.600. The first-order chi connectivity index (χ1) is 10.7. The van der Waals surface area contributed by atoms with Gasteiger partial charge >= 0.3 is 0 Å². The number of nitriles is 2. The van der Waals surface area contributed by atoms with Gasteiger partial charge in [-0.1, -0.05) is 47.0 Å². The molecule has 0 amide bonds. The normalized spacial score (nSPS) is 21.5. The van der Waals surface area contributed by atoms with Crippen LogP contribution in [0.1, 0.15) is 26.7 Å². The lowest BCUT2D eigenvalue weighted by Crippen LogP contribution is -1.76. The molecule has 22 heavy (non-hydrogen) atoms. The van der Waals surface area contributed by atoms with Crippen LogP contribution in [0.15, 0.2) is 26.8 Å². The van der Waals surface area contributed by atoms with E-state index in [4.69, 9.17) is 10.5 Å². The Morgan fingerprint density at radius 2 is 1.18 bits per heavy atom. The zero-order valence-electron chi connectivity index (χ0n) is 12.2. The van der Waals surface area contributed by atoms with Gasteiger partial charge in [0, 0.05) is 34.2 Å². The zero-order chi connectivity index (χ0) is 15.9. The molecule has 116 valence electrons. The number of hydrogen-bond donors (Lipinski definition) is 0. The predicted octanol–water partition coefficient (Wildman–Crippen LogP) is 6.74. The largest absolute Gasteiger partial charge is 0.198 e. The van der Waals surface area contributed by atoms with E-state index >= 15 is 0 Å². The van der Waals surface area contributed by atoms with Crippen LogP contribution in [0.2, 0.25) is 0 Å². The Morgan fingerprint density at radius 1 is 0.773 bits per heavy atom. The Bertz CT molecular complexity index is 566. The molecule has 0 unspecified atom stereocenters. The number of thioether (sulfide) groups is 6. The Labute approximate surface area is 157 Å². The minimum Gasteiger partial charge on any atom is -0.198 e. The van der Waals surface area contributed by atoms with Gasteiger partial charge in [0.15, 0.2) is 0 Å². The molecule has 8 heteroatoms. The third-order valence-electron chi connectivity index (χ3n) is 2.50. The van der Waals surface area contributed by atoms with Gasteiger partial charge in [-0.25, -0.2) is 0 Å². The van der Waals surface area contributed by atoms with Crippen LogP contribution >= 0.6 is 70.6 Å². The first kappa shape index (κ1) is 18.6. The first-order valence-electron chi connectivity index (χ1n) is 6.52. The lowest BCUT2D eigenvalue weighted by molar-refractivity contribution is 1.24. The van der Waals surface area contributed by atoms with Crippen molar-refractivity contribution in [3.05, 3.63) is 26.8 Å². The molecule has 2 aliphatic heterocycles. The molecule has 2 heterocycles. The summed E-state index contributed by atoms with van der Waals surface area (Å²) in [6.45, 7) is 4.32. The second-order valence-corrected chi connectivity index (χ2v) is 11.9. The van der Waals surface area contributed by atoms with Gasteiger partial charge in [-0.05, 0) is 13.8 Å². The lowest BCUT2D eigenvalue weighted by Gasteiger charge is -2.02. The Hall–Kier alpha value is 0.300. The van der Waals surface area contributed by atoms with Crippen LogP contribution in [0, 0.1) is 22.7 Å². The summed E-state index contributed by atoms with van der Waals surface area (Å²) >= 11 is 11.0. The van der Waals surface area contributed by atoms with Crippen molar-refractivity contribution >= 4 is 70.6 Å². The second kappa shape index (κ2) is 9.56. The summed E-state index contributed by atoms with van der Waals surface area (Å²) in [7, 11) is 0. The lowest BCUT2D eigenvalue weighted by atomic mass is 10.6. The molecular formula is C14H14N2S6. The molecule has 2 nitrogen and oxygen atoms in total. The highest BCUT2D eigenvalue weighted by Crippen LogP contribution is 2.62. The van der Waals surface area contributed by atoms with Gasteiger partial charge in [-0.2, -0.15) is 10.5 Å². The van der Waals surface area contributed by atoms with Crippen LogP contribution in [0.25, 0.3) is 0 Å². The van der Waals surface area contributed by atoms with Crippen molar-refractivity contribution in [2.24, 2.45) is 0 Å². The van der Waals surface area contributed by atoms with Crippen LogP contribution < -0.4 is 0 Å². The summed E-state index contributed by atoms with van der Waals surface area (Å²) < 4.78 is 5.41. The van der Waals surface area contributed by atoms with Crippen LogP contribution in [-0.2, 0) is 0 Å². The van der Waals surface area contributed by atoms with Crippen molar-refractivity contribution in [1.82, 2.24) is 0 Å². The maximum atomic E-state index is 8.64. The molecule has 0 radical (unpaired) electrons. The van der Waals surface area contributed by atoms with E-state index < -0.39 is 0 Å². The van der Waals surface area contributed by atoms with Crippen molar-refractivity contribution in [2.75, 3.05) is 11.5 Å². The van der Waals surface area contributed by atoms with Crippen molar-refractivity contribution in [1.29, 1.82) is 10.5 Å².